The van der Waals surface area contributed by atoms with Gasteiger partial charge in [0.25, 0.3) is 0 Å². The molecule has 0 spiro atoms. The highest BCUT2D eigenvalue weighted by molar-refractivity contribution is 7.99. The van der Waals surface area contributed by atoms with E-state index in [9.17, 15) is 9.50 Å². The first-order chi connectivity index (χ1) is 10.2. The number of fused-ring (bicyclic) bond motifs is 1. The molecule has 1 saturated carbocycles. The second-order valence-electron chi connectivity index (χ2n) is 5.91. The third kappa shape index (κ3) is 4.42. The highest BCUT2D eigenvalue weighted by Crippen LogP contribution is 2.36. The minimum Gasteiger partial charge on any atom is -0.389 e. The van der Waals surface area contributed by atoms with Crippen molar-refractivity contribution in [1.29, 1.82) is 0 Å². The lowest BCUT2D eigenvalue weighted by Gasteiger charge is -2.27. The van der Waals surface area contributed by atoms with Crippen molar-refractivity contribution >= 4 is 11.8 Å². The van der Waals surface area contributed by atoms with Gasteiger partial charge in [-0.05, 0) is 54.7 Å². The van der Waals surface area contributed by atoms with Crippen molar-refractivity contribution in [1.82, 2.24) is 5.32 Å². The standard InChI is InChI=1S/C16H22FNO2S/c17-12-3-4-16-14(7-12)15(5-6-21-16)18-8-13(19)10-20-9-11-1-2-11/h3-4,7,11,13,15,18-19H,1-2,5-6,8-10H2. The average molecular weight is 311 g/mol. The molecule has 1 heterocycles. The van der Waals surface area contributed by atoms with Crippen LogP contribution in [0.15, 0.2) is 23.1 Å². The van der Waals surface area contributed by atoms with Gasteiger partial charge in [0.2, 0.25) is 0 Å². The monoisotopic (exact) mass is 311 g/mol. The molecular formula is C16H22FNO2S. The molecule has 1 fully saturated rings. The molecule has 3 nitrogen and oxygen atoms in total. The van der Waals surface area contributed by atoms with Crippen molar-refractivity contribution in [3.63, 3.8) is 0 Å². The molecule has 2 atom stereocenters. The third-order valence-electron chi connectivity index (χ3n) is 3.97. The molecule has 1 aliphatic heterocycles. The van der Waals surface area contributed by atoms with Gasteiger partial charge < -0.3 is 15.2 Å². The number of rotatable bonds is 7. The van der Waals surface area contributed by atoms with Crippen LogP contribution in [-0.2, 0) is 4.74 Å². The number of benzene rings is 1. The summed E-state index contributed by atoms with van der Waals surface area (Å²) in [6.07, 6.45) is 2.97. The van der Waals surface area contributed by atoms with E-state index in [1.54, 1.807) is 17.8 Å². The van der Waals surface area contributed by atoms with Crippen LogP contribution >= 0.6 is 11.8 Å². The van der Waals surface area contributed by atoms with Crippen molar-refractivity contribution in [2.75, 3.05) is 25.5 Å². The van der Waals surface area contributed by atoms with Gasteiger partial charge in [0.15, 0.2) is 0 Å². The maximum atomic E-state index is 13.4. The molecule has 0 bridgehead atoms. The van der Waals surface area contributed by atoms with E-state index < -0.39 is 6.10 Å². The van der Waals surface area contributed by atoms with Gasteiger partial charge in [0.05, 0.1) is 12.7 Å². The lowest BCUT2D eigenvalue weighted by Crippen LogP contribution is -2.34. The zero-order chi connectivity index (χ0) is 14.7. The SMILES string of the molecule is OC(CNC1CCSc2ccc(F)cc21)COCC1CC1. The first-order valence-corrected chi connectivity index (χ1v) is 8.62. The Labute approximate surface area is 129 Å². The number of aliphatic hydroxyl groups is 1. The van der Waals surface area contributed by atoms with Crippen LogP contribution in [0.2, 0.25) is 0 Å². The Kier molecular flexibility index (Phi) is 5.16. The number of thioether (sulfide) groups is 1. The van der Waals surface area contributed by atoms with Gasteiger partial charge in [0.1, 0.15) is 5.82 Å². The van der Waals surface area contributed by atoms with Crippen molar-refractivity contribution in [3.05, 3.63) is 29.6 Å². The van der Waals surface area contributed by atoms with Gasteiger partial charge in [-0.1, -0.05) is 0 Å². The molecule has 2 aliphatic rings. The van der Waals surface area contributed by atoms with Crippen molar-refractivity contribution in [2.24, 2.45) is 5.92 Å². The van der Waals surface area contributed by atoms with Crippen molar-refractivity contribution in [2.45, 2.75) is 36.3 Å². The maximum absolute atomic E-state index is 13.4. The largest absolute Gasteiger partial charge is 0.389 e. The summed E-state index contributed by atoms with van der Waals surface area (Å²) in [6, 6.07) is 5.08. The van der Waals surface area contributed by atoms with Crippen molar-refractivity contribution < 1.29 is 14.2 Å². The van der Waals surface area contributed by atoms with Crippen LogP contribution in [0.3, 0.4) is 0 Å². The maximum Gasteiger partial charge on any atom is 0.123 e. The highest BCUT2D eigenvalue weighted by Gasteiger charge is 2.23. The van der Waals surface area contributed by atoms with Crippen LogP contribution in [-0.4, -0.2) is 36.7 Å². The second-order valence-corrected chi connectivity index (χ2v) is 7.05. The van der Waals surface area contributed by atoms with E-state index in [1.165, 1.54) is 18.9 Å². The molecule has 0 amide bonds. The molecule has 1 aliphatic carbocycles. The summed E-state index contributed by atoms with van der Waals surface area (Å²) in [7, 11) is 0. The fraction of sp³-hybridized carbons (Fsp3) is 0.625. The quantitative estimate of drug-likeness (QED) is 0.812. The van der Waals surface area contributed by atoms with Crippen LogP contribution in [0, 0.1) is 11.7 Å². The third-order valence-corrected chi connectivity index (χ3v) is 5.09. The molecule has 0 aromatic heterocycles. The lowest BCUT2D eigenvalue weighted by atomic mass is 10.0. The van der Waals surface area contributed by atoms with Crippen LogP contribution < -0.4 is 5.32 Å². The molecule has 0 radical (unpaired) electrons. The lowest BCUT2D eigenvalue weighted by molar-refractivity contribution is 0.0311. The Bertz CT molecular complexity index is 481. The Morgan fingerprint density at radius 3 is 3.05 bits per heavy atom. The van der Waals surface area contributed by atoms with E-state index >= 15 is 0 Å². The Hall–Kier alpha value is -0.620. The van der Waals surface area contributed by atoms with Gasteiger partial charge >= 0.3 is 0 Å². The number of ether oxygens (including phenoxy) is 1. The summed E-state index contributed by atoms with van der Waals surface area (Å²) in [4.78, 5) is 1.14. The summed E-state index contributed by atoms with van der Waals surface area (Å²) < 4.78 is 18.9. The van der Waals surface area contributed by atoms with Crippen LogP contribution in [0.1, 0.15) is 30.9 Å². The molecule has 5 heteroatoms. The van der Waals surface area contributed by atoms with E-state index in [0.29, 0.717) is 13.2 Å². The number of nitrogens with one attached hydrogen (secondary N) is 1. The van der Waals surface area contributed by atoms with Gasteiger partial charge in [-0.3, -0.25) is 0 Å². The van der Waals surface area contributed by atoms with Crippen molar-refractivity contribution in [3.8, 4) is 0 Å². The van der Waals surface area contributed by atoms with Gasteiger partial charge in [-0.25, -0.2) is 4.39 Å². The van der Waals surface area contributed by atoms with E-state index in [1.807, 2.05) is 6.07 Å². The van der Waals surface area contributed by atoms with E-state index in [-0.39, 0.29) is 11.9 Å². The second kappa shape index (κ2) is 7.09. The highest BCUT2D eigenvalue weighted by atomic mass is 32.2. The Morgan fingerprint density at radius 1 is 1.38 bits per heavy atom. The smallest absolute Gasteiger partial charge is 0.123 e. The fourth-order valence-electron chi connectivity index (χ4n) is 2.57. The first-order valence-electron chi connectivity index (χ1n) is 7.64. The minimum atomic E-state index is -0.504. The predicted molar refractivity (Wildman–Crippen MR) is 82.0 cm³/mol. The van der Waals surface area contributed by atoms with Gasteiger partial charge in [-0.15, -0.1) is 11.8 Å². The molecule has 1 aromatic rings. The molecule has 2 N–H and O–H groups in total. The zero-order valence-electron chi connectivity index (χ0n) is 12.1. The topological polar surface area (TPSA) is 41.5 Å². The predicted octanol–water partition coefficient (Wildman–Crippen LogP) is 2.74. The number of hydrogen-bond acceptors (Lipinski definition) is 4. The van der Waals surface area contributed by atoms with E-state index in [0.717, 1.165) is 35.2 Å². The molecule has 3 rings (SSSR count). The molecule has 2 unspecified atom stereocenters. The fourth-order valence-corrected chi connectivity index (χ4v) is 3.68. The summed E-state index contributed by atoms with van der Waals surface area (Å²) in [6.45, 7) is 1.63. The number of aliphatic hydroxyl groups excluding tert-OH is 1. The number of halogens is 1. The normalized spacial score (nSPS) is 22.9. The summed E-state index contributed by atoms with van der Waals surface area (Å²) in [5, 5.41) is 13.3. The molecule has 116 valence electrons. The van der Waals surface area contributed by atoms with E-state index in [2.05, 4.69) is 5.32 Å². The summed E-state index contributed by atoms with van der Waals surface area (Å²) >= 11 is 1.77. The van der Waals surface area contributed by atoms with Crippen LogP contribution in [0.25, 0.3) is 0 Å². The summed E-state index contributed by atoms with van der Waals surface area (Å²) in [5.74, 6) is 1.54. The zero-order valence-corrected chi connectivity index (χ0v) is 12.9. The van der Waals surface area contributed by atoms with Crippen LogP contribution in [0.5, 0.6) is 0 Å². The first kappa shape index (κ1) is 15.3. The summed E-state index contributed by atoms with van der Waals surface area (Å²) in [5.41, 5.74) is 1.01. The molecular weight excluding hydrogens is 289 g/mol. The number of hydrogen-bond donors (Lipinski definition) is 2. The van der Waals surface area contributed by atoms with Gasteiger partial charge in [0, 0.05) is 24.1 Å². The molecule has 1 aromatic carbocycles. The Morgan fingerprint density at radius 2 is 2.24 bits per heavy atom. The van der Waals surface area contributed by atoms with Crippen LogP contribution in [0.4, 0.5) is 4.39 Å². The molecule has 21 heavy (non-hydrogen) atoms. The van der Waals surface area contributed by atoms with Gasteiger partial charge in [-0.2, -0.15) is 0 Å². The average Bonchev–Trinajstić information content (AvgIpc) is 3.29. The minimum absolute atomic E-state index is 0.120. The Balaban J connectivity index is 1.47. The van der Waals surface area contributed by atoms with E-state index in [4.69, 9.17) is 4.74 Å². The molecule has 0 saturated heterocycles.